The Labute approximate surface area is 177 Å². The summed E-state index contributed by atoms with van der Waals surface area (Å²) in [6.45, 7) is 2.52. The first-order valence-electron chi connectivity index (χ1n) is 9.09. The molecule has 2 heterocycles. The van der Waals surface area contributed by atoms with Crippen molar-refractivity contribution < 1.29 is 30.8 Å². The van der Waals surface area contributed by atoms with Gasteiger partial charge in [-0.1, -0.05) is 0 Å². The second-order valence-electron chi connectivity index (χ2n) is 7.28. The summed E-state index contributed by atoms with van der Waals surface area (Å²) in [7, 11) is -1.70. The Morgan fingerprint density at radius 2 is 1.84 bits per heavy atom. The summed E-state index contributed by atoms with van der Waals surface area (Å²) in [5.74, 6) is -1.67. The normalized spacial score (nSPS) is 19.0. The number of carbonyl (C=O) groups excluding carboxylic acids is 1. The van der Waals surface area contributed by atoms with Gasteiger partial charge in [0, 0.05) is 32.0 Å². The molecular formula is C19H20F4N4O3S. The van der Waals surface area contributed by atoms with Gasteiger partial charge in [0.15, 0.2) is 0 Å². The molecule has 1 saturated heterocycles. The number of hydrogen-bond donors (Lipinski definition) is 0. The van der Waals surface area contributed by atoms with Gasteiger partial charge in [0.1, 0.15) is 17.7 Å². The van der Waals surface area contributed by atoms with Crippen molar-refractivity contribution in [1.82, 2.24) is 9.29 Å². The van der Waals surface area contributed by atoms with Gasteiger partial charge in [-0.2, -0.15) is 25.9 Å². The predicted octanol–water partition coefficient (Wildman–Crippen LogP) is 2.88. The first-order chi connectivity index (χ1) is 14.2. The minimum atomic E-state index is -4.72. The van der Waals surface area contributed by atoms with E-state index in [1.54, 1.807) is 0 Å². The van der Waals surface area contributed by atoms with Crippen molar-refractivity contribution in [2.75, 3.05) is 29.8 Å². The smallest absolute Gasteiger partial charge is 0.314 e. The van der Waals surface area contributed by atoms with Crippen LogP contribution in [0.1, 0.15) is 16.8 Å². The fourth-order valence-electron chi connectivity index (χ4n) is 3.29. The summed E-state index contributed by atoms with van der Waals surface area (Å²) in [6, 6.07) is 3.97. The number of carbonyl (C=O) groups is 1. The highest BCUT2D eigenvalue weighted by molar-refractivity contribution is 7.90. The molecule has 1 fully saturated rings. The first kappa shape index (κ1) is 22.9. The number of halogens is 4. The maximum atomic E-state index is 13.6. The molecule has 12 heteroatoms. The lowest BCUT2D eigenvalue weighted by Crippen LogP contribution is -2.47. The summed E-state index contributed by atoms with van der Waals surface area (Å²) in [6.07, 6.45) is -4.72. The Morgan fingerprint density at radius 1 is 1.19 bits per heavy atom. The summed E-state index contributed by atoms with van der Waals surface area (Å²) in [4.78, 5) is 18.3. The zero-order valence-electron chi connectivity index (χ0n) is 17.1. The van der Waals surface area contributed by atoms with Crippen molar-refractivity contribution in [3.05, 3.63) is 53.0 Å². The monoisotopic (exact) mass is 460 g/mol. The Bertz CT molecular complexity index is 1140. The van der Waals surface area contributed by atoms with Gasteiger partial charge in [-0.15, -0.1) is 0 Å². The number of anilines is 2. The van der Waals surface area contributed by atoms with Crippen LogP contribution < -0.4 is 9.21 Å². The predicted molar refractivity (Wildman–Crippen MR) is 106 cm³/mol. The van der Waals surface area contributed by atoms with Crippen LogP contribution in [0.4, 0.5) is 29.1 Å². The Morgan fingerprint density at radius 3 is 2.42 bits per heavy atom. The summed E-state index contributed by atoms with van der Waals surface area (Å²) >= 11 is 0. The van der Waals surface area contributed by atoms with Gasteiger partial charge in [-0.3, -0.25) is 4.79 Å². The second kappa shape index (κ2) is 7.75. The number of rotatable bonds is 3. The van der Waals surface area contributed by atoms with Crippen LogP contribution in [-0.2, 0) is 21.2 Å². The van der Waals surface area contributed by atoms with E-state index in [0.717, 1.165) is 15.3 Å². The van der Waals surface area contributed by atoms with Crippen molar-refractivity contribution in [2.45, 2.75) is 26.1 Å². The SMILES string of the molecule is Cc1cc(C(F)(F)F)cc(N2[C@H](C(=O)N(C)c3ccc(F)c(C)c3)CN(C)S2(=O)=O)n1. The lowest BCUT2D eigenvalue weighted by Gasteiger charge is -2.27. The van der Waals surface area contributed by atoms with Crippen molar-refractivity contribution >= 4 is 27.6 Å². The average molecular weight is 460 g/mol. The van der Waals surface area contributed by atoms with Crippen molar-refractivity contribution in [2.24, 2.45) is 0 Å². The highest BCUT2D eigenvalue weighted by Gasteiger charge is 2.48. The van der Waals surface area contributed by atoms with Gasteiger partial charge in [0.25, 0.3) is 5.91 Å². The van der Waals surface area contributed by atoms with Gasteiger partial charge in [-0.25, -0.2) is 13.7 Å². The zero-order valence-corrected chi connectivity index (χ0v) is 17.9. The third-order valence-electron chi connectivity index (χ3n) is 4.99. The number of aryl methyl sites for hydroxylation is 2. The van der Waals surface area contributed by atoms with E-state index in [-0.39, 0.29) is 17.8 Å². The molecular weight excluding hydrogens is 440 g/mol. The van der Waals surface area contributed by atoms with E-state index in [4.69, 9.17) is 0 Å². The van der Waals surface area contributed by atoms with Crippen LogP contribution in [-0.4, -0.2) is 50.3 Å². The lowest BCUT2D eigenvalue weighted by atomic mass is 10.1. The summed E-state index contributed by atoms with van der Waals surface area (Å²) < 4.78 is 80.5. The lowest BCUT2D eigenvalue weighted by molar-refractivity contribution is -0.137. The van der Waals surface area contributed by atoms with E-state index in [0.29, 0.717) is 16.1 Å². The topological polar surface area (TPSA) is 73.8 Å². The van der Waals surface area contributed by atoms with Crippen LogP contribution in [0.5, 0.6) is 0 Å². The first-order valence-corrected chi connectivity index (χ1v) is 10.5. The molecule has 1 aliphatic heterocycles. The van der Waals surface area contributed by atoms with Crippen LogP contribution in [0.3, 0.4) is 0 Å². The van der Waals surface area contributed by atoms with Crippen LogP contribution >= 0.6 is 0 Å². The minimum absolute atomic E-state index is 0.0525. The van der Waals surface area contributed by atoms with Crippen molar-refractivity contribution in [1.29, 1.82) is 0 Å². The fraction of sp³-hybridized carbons (Fsp3) is 0.368. The van der Waals surface area contributed by atoms with Crippen LogP contribution in [0, 0.1) is 19.7 Å². The highest BCUT2D eigenvalue weighted by atomic mass is 32.2. The number of hydrogen-bond acceptors (Lipinski definition) is 4. The molecule has 168 valence electrons. The number of aromatic nitrogens is 1. The molecule has 1 aromatic heterocycles. The molecule has 0 aliphatic carbocycles. The molecule has 0 N–H and O–H groups in total. The standard InChI is InChI=1S/C19H20F4N4O3S/c1-11-7-14(5-6-15(11)20)26(4)18(28)16-10-25(3)31(29,30)27(16)17-9-13(19(21,22)23)8-12(2)24-17/h5-9,16H,10H2,1-4H3/t16-/m0/s1. The average Bonchev–Trinajstić information content (AvgIpc) is 2.90. The number of benzene rings is 1. The van der Waals surface area contributed by atoms with Gasteiger partial charge in [0.2, 0.25) is 0 Å². The van der Waals surface area contributed by atoms with Gasteiger partial charge in [-0.05, 0) is 49.7 Å². The van der Waals surface area contributed by atoms with Crippen LogP contribution in [0.25, 0.3) is 0 Å². The number of nitrogens with zero attached hydrogens (tertiary/aromatic N) is 4. The van der Waals surface area contributed by atoms with E-state index in [1.165, 1.54) is 46.1 Å². The third-order valence-corrected chi connectivity index (χ3v) is 6.87. The summed E-state index contributed by atoms with van der Waals surface area (Å²) in [5, 5.41) is 0. The van der Waals surface area contributed by atoms with Crippen molar-refractivity contribution in [3.63, 3.8) is 0 Å². The maximum Gasteiger partial charge on any atom is 0.416 e. The van der Waals surface area contributed by atoms with Crippen LogP contribution in [0.2, 0.25) is 0 Å². The molecule has 1 amide bonds. The zero-order chi connectivity index (χ0) is 23.3. The molecule has 31 heavy (non-hydrogen) atoms. The molecule has 1 aliphatic rings. The number of likely N-dealkylation sites (N-methyl/N-ethyl adjacent to an activating group) is 2. The highest BCUT2D eigenvalue weighted by Crippen LogP contribution is 2.35. The molecule has 0 bridgehead atoms. The molecule has 0 saturated carbocycles. The molecule has 1 aromatic carbocycles. The summed E-state index contributed by atoms with van der Waals surface area (Å²) in [5.41, 5.74) is -0.541. The molecule has 0 radical (unpaired) electrons. The molecule has 3 rings (SSSR count). The van der Waals surface area contributed by atoms with Gasteiger partial charge >= 0.3 is 16.4 Å². The van der Waals surface area contributed by atoms with E-state index < -0.39 is 45.5 Å². The van der Waals surface area contributed by atoms with Crippen molar-refractivity contribution in [3.8, 4) is 0 Å². The number of amides is 1. The number of pyridine rings is 1. The fourth-order valence-corrected chi connectivity index (χ4v) is 4.73. The Hall–Kier alpha value is -2.73. The van der Waals surface area contributed by atoms with E-state index in [1.807, 2.05) is 0 Å². The maximum absolute atomic E-state index is 13.6. The van der Waals surface area contributed by atoms with Gasteiger partial charge in [0.05, 0.1) is 5.56 Å². The van der Waals surface area contributed by atoms with Gasteiger partial charge < -0.3 is 4.90 Å². The van der Waals surface area contributed by atoms with E-state index in [9.17, 15) is 30.8 Å². The molecule has 0 unspecified atom stereocenters. The third kappa shape index (κ3) is 4.22. The molecule has 7 nitrogen and oxygen atoms in total. The molecule has 2 aromatic rings. The largest absolute Gasteiger partial charge is 0.416 e. The Kier molecular flexibility index (Phi) is 5.74. The number of alkyl halides is 3. The van der Waals surface area contributed by atoms with E-state index in [2.05, 4.69) is 4.98 Å². The Balaban J connectivity index is 2.07. The quantitative estimate of drug-likeness (QED) is 0.661. The molecule has 0 spiro atoms. The minimum Gasteiger partial charge on any atom is -0.314 e. The second-order valence-corrected chi connectivity index (χ2v) is 9.20. The van der Waals surface area contributed by atoms with Crippen LogP contribution in [0.15, 0.2) is 30.3 Å². The molecule has 1 atom stereocenters. The van der Waals surface area contributed by atoms with E-state index >= 15 is 0 Å².